The van der Waals surface area contributed by atoms with Crippen LogP contribution < -0.4 is 44.1 Å². The average Bonchev–Trinajstić information content (AvgIpc) is 3.28. The topological polar surface area (TPSA) is 97.4 Å². The van der Waals surface area contributed by atoms with Gasteiger partial charge in [0.1, 0.15) is 24.2 Å². The van der Waals surface area contributed by atoms with Gasteiger partial charge in [-0.2, -0.15) is 0 Å². The summed E-state index contributed by atoms with van der Waals surface area (Å²) in [6.07, 6.45) is -3.37. The molecule has 176 valence electrons. The quantitative estimate of drug-likeness (QED) is 0.442. The van der Waals surface area contributed by atoms with Crippen LogP contribution in [0, 0.1) is 0 Å². The van der Waals surface area contributed by atoms with E-state index < -0.39 is 30.4 Å². The summed E-state index contributed by atoms with van der Waals surface area (Å²) < 4.78 is 22.5. The first-order valence-corrected chi connectivity index (χ1v) is 10.7. The number of amides is 1. The zero-order chi connectivity index (χ0) is 24.1. The molecule has 0 saturated carbocycles. The van der Waals surface area contributed by atoms with E-state index >= 15 is 0 Å². The number of methoxy groups -OCH3 is 2. The number of hydrogen-bond acceptors (Lipinski definition) is 7. The largest absolute Gasteiger partial charge is 1.00 e. The van der Waals surface area contributed by atoms with E-state index in [1.54, 1.807) is 48.5 Å². The number of aliphatic carboxylic acids is 1. The Morgan fingerprint density at radius 3 is 2.00 bits per heavy atom. The van der Waals surface area contributed by atoms with Gasteiger partial charge in [-0.15, -0.1) is 0 Å². The maximum Gasteiger partial charge on any atom is 1.00 e. The van der Waals surface area contributed by atoms with E-state index in [9.17, 15) is 14.7 Å². The molecule has 3 aromatic carbocycles. The number of benzene rings is 3. The third-order valence-corrected chi connectivity index (χ3v) is 5.62. The maximum absolute atomic E-state index is 13.5. The van der Waals surface area contributed by atoms with Crippen molar-refractivity contribution in [3.63, 3.8) is 0 Å². The average molecular weight is 485 g/mol. The third-order valence-electron chi connectivity index (χ3n) is 5.62. The van der Waals surface area contributed by atoms with Crippen LogP contribution >= 0.6 is 0 Å². The molecule has 3 atom stereocenters. The molecule has 0 aromatic heterocycles. The Morgan fingerprint density at radius 1 is 0.886 bits per heavy atom. The van der Waals surface area contributed by atoms with Gasteiger partial charge in [0, 0.05) is 0 Å². The van der Waals surface area contributed by atoms with Crippen LogP contribution in [-0.4, -0.2) is 37.3 Å². The number of rotatable bonds is 7. The van der Waals surface area contributed by atoms with E-state index in [-0.39, 0.29) is 36.2 Å². The molecular weight excluding hydrogens is 461 g/mol. The Labute approximate surface area is 225 Å². The second-order valence-electron chi connectivity index (χ2n) is 7.61. The van der Waals surface area contributed by atoms with Crippen molar-refractivity contribution in [3.05, 3.63) is 95.6 Å². The predicted molar refractivity (Wildman–Crippen MR) is 120 cm³/mol. The van der Waals surface area contributed by atoms with Gasteiger partial charge in [-0.1, -0.05) is 66.7 Å². The van der Waals surface area contributed by atoms with E-state index in [1.165, 1.54) is 19.1 Å². The molecule has 1 heterocycles. The van der Waals surface area contributed by atoms with Crippen LogP contribution in [0.4, 0.5) is 4.79 Å². The Bertz CT molecular complexity index is 1120. The molecule has 8 nitrogen and oxygen atoms in total. The number of carboxylic acids is 1. The molecule has 1 aliphatic heterocycles. The van der Waals surface area contributed by atoms with Gasteiger partial charge in [-0.05, 0) is 23.3 Å². The van der Waals surface area contributed by atoms with Crippen molar-refractivity contribution in [2.45, 2.75) is 25.0 Å². The summed E-state index contributed by atoms with van der Waals surface area (Å²) >= 11 is 0. The second kappa shape index (κ2) is 12.1. The van der Waals surface area contributed by atoms with Crippen LogP contribution in [0.2, 0.25) is 0 Å². The van der Waals surface area contributed by atoms with Gasteiger partial charge in [-0.3, -0.25) is 4.90 Å². The number of carbonyl (C=O) groups excluding carboxylic acids is 2. The van der Waals surface area contributed by atoms with Gasteiger partial charge in [0.05, 0.1) is 31.8 Å². The fourth-order valence-electron chi connectivity index (χ4n) is 4.07. The molecule has 1 fully saturated rings. The molecule has 1 unspecified atom stereocenters. The normalized spacial score (nSPS) is 18.9. The molecule has 0 spiro atoms. The summed E-state index contributed by atoms with van der Waals surface area (Å²) in [5.74, 6) is -0.710. The first-order valence-electron chi connectivity index (χ1n) is 10.7. The molecule has 0 radical (unpaired) electrons. The monoisotopic (exact) mass is 485 g/mol. The molecule has 0 aliphatic carbocycles. The minimum Gasteiger partial charge on any atom is -0.547 e. The molecule has 3 aromatic rings. The Hall–Kier alpha value is -3.04. The number of nitrogens with zero attached hydrogens (tertiary/aromatic N) is 1. The van der Waals surface area contributed by atoms with Crippen molar-refractivity contribution >= 4 is 12.1 Å². The molecule has 1 amide bonds. The van der Waals surface area contributed by atoms with E-state index in [0.717, 1.165) is 5.56 Å². The van der Waals surface area contributed by atoms with Gasteiger partial charge < -0.3 is 28.8 Å². The molecule has 1 saturated heterocycles. The Kier molecular flexibility index (Phi) is 9.17. The smallest absolute Gasteiger partial charge is 0.547 e. The van der Waals surface area contributed by atoms with Crippen LogP contribution in [0.5, 0.6) is 11.5 Å². The molecule has 35 heavy (non-hydrogen) atoms. The SMILES string of the molecule is COc1cccc(OC)c1C1O[C@@H](C(=O)[O-])[C@H](c2ccccc2)N1C(=O)OCc1ccccc1.[Na+]. The fraction of sp³-hybridized carbons (Fsp3) is 0.231. The van der Waals surface area contributed by atoms with Gasteiger partial charge in [0.15, 0.2) is 6.23 Å². The van der Waals surface area contributed by atoms with E-state index in [1.807, 2.05) is 30.3 Å². The van der Waals surface area contributed by atoms with E-state index in [2.05, 4.69) is 0 Å². The van der Waals surface area contributed by atoms with Gasteiger partial charge in [0.25, 0.3) is 0 Å². The summed E-state index contributed by atoms with van der Waals surface area (Å²) in [5, 5.41) is 12.1. The van der Waals surface area contributed by atoms with E-state index in [4.69, 9.17) is 18.9 Å². The van der Waals surface area contributed by atoms with Crippen LogP contribution in [0.15, 0.2) is 78.9 Å². The Morgan fingerprint density at radius 2 is 1.46 bits per heavy atom. The molecule has 1 aliphatic rings. The van der Waals surface area contributed by atoms with Crippen molar-refractivity contribution in [3.8, 4) is 11.5 Å². The maximum atomic E-state index is 13.5. The van der Waals surface area contributed by atoms with Crippen LogP contribution in [0.25, 0.3) is 0 Å². The van der Waals surface area contributed by atoms with Crippen LogP contribution in [-0.2, 0) is 20.9 Å². The molecular formula is C26H24NNaO7. The van der Waals surface area contributed by atoms with Crippen molar-refractivity contribution in [1.29, 1.82) is 0 Å². The predicted octanol–water partition coefficient (Wildman–Crippen LogP) is 0.235. The standard InChI is InChI=1S/C26H25NO7.Na/c1-31-19-14-9-15-20(32-2)21(19)24-27(26(30)33-16-17-10-5-3-6-11-17)22(23(34-24)25(28)29)18-12-7-4-8-13-18;/h3-15,22-24H,16H2,1-2H3,(H,28,29);/q;+1/p-1/t22-,23+,24?;/m0./s1. The minimum atomic E-state index is -1.45. The minimum absolute atomic E-state index is 0. The number of carbonyl (C=O) groups is 2. The Balaban J connectivity index is 0.00000342. The molecule has 0 N–H and O–H groups in total. The first kappa shape index (κ1) is 26.6. The number of carboxylic acid groups (broad SMARTS) is 1. The number of hydrogen-bond donors (Lipinski definition) is 0. The first-order chi connectivity index (χ1) is 16.5. The second-order valence-corrected chi connectivity index (χ2v) is 7.61. The van der Waals surface area contributed by atoms with Gasteiger partial charge in [0.2, 0.25) is 0 Å². The number of ether oxygens (including phenoxy) is 4. The summed E-state index contributed by atoms with van der Waals surface area (Å²) in [5.41, 5.74) is 1.72. The van der Waals surface area contributed by atoms with Crippen molar-refractivity contribution in [1.82, 2.24) is 4.90 Å². The van der Waals surface area contributed by atoms with Crippen LogP contribution in [0.3, 0.4) is 0 Å². The van der Waals surface area contributed by atoms with Gasteiger partial charge >= 0.3 is 35.7 Å². The zero-order valence-electron chi connectivity index (χ0n) is 19.7. The fourth-order valence-corrected chi connectivity index (χ4v) is 4.07. The summed E-state index contributed by atoms with van der Waals surface area (Å²) in [6.45, 7) is 0.00342. The van der Waals surface area contributed by atoms with Crippen LogP contribution in [0.1, 0.15) is 29.0 Å². The summed E-state index contributed by atoms with van der Waals surface area (Å²) in [4.78, 5) is 26.9. The van der Waals surface area contributed by atoms with Crippen molar-refractivity contribution < 1.29 is 63.2 Å². The third kappa shape index (κ3) is 5.62. The van der Waals surface area contributed by atoms with E-state index in [0.29, 0.717) is 22.6 Å². The summed E-state index contributed by atoms with van der Waals surface area (Å²) in [7, 11) is 2.94. The molecule has 4 rings (SSSR count). The summed E-state index contributed by atoms with van der Waals surface area (Å²) in [6, 6.07) is 22.0. The molecule has 9 heteroatoms. The van der Waals surface area contributed by atoms with Crippen molar-refractivity contribution in [2.75, 3.05) is 14.2 Å². The van der Waals surface area contributed by atoms with Crippen molar-refractivity contribution in [2.24, 2.45) is 0 Å². The molecule has 0 bridgehead atoms. The van der Waals surface area contributed by atoms with Gasteiger partial charge in [-0.25, -0.2) is 4.79 Å². The zero-order valence-corrected chi connectivity index (χ0v) is 21.7.